The number of methoxy groups -OCH3 is 1. The minimum atomic E-state index is -0.453. The van der Waals surface area contributed by atoms with Crippen molar-refractivity contribution in [3.8, 4) is 11.4 Å². The number of amides is 1. The molecule has 0 spiro atoms. The zero-order chi connectivity index (χ0) is 18.8. The summed E-state index contributed by atoms with van der Waals surface area (Å²) in [7, 11) is 1.40. The van der Waals surface area contributed by atoms with Gasteiger partial charge >= 0.3 is 0 Å². The standard InChI is InChI=1S/C19H22FN3O3/c1-12-8-13(2)11-22(10-12)19(25)18-16(26-3)9-17(24)23(21-18)15-6-4-14(20)5-7-15/h4-7,9,12-13H,8,10-11H2,1-3H3/t12-,13+. The van der Waals surface area contributed by atoms with Crippen LogP contribution in [0.5, 0.6) is 5.75 Å². The average molecular weight is 359 g/mol. The van der Waals surface area contributed by atoms with Gasteiger partial charge in [-0.1, -0.05) is 13.8 Å². The first kappa shape index (κ1) is 18.1. The van der Waals surface area contributed by atoms with Crippen molar-refractivity contribution in [1.82, 2.24) is 14.7 Å². The Labute approximate surface area is 151 Å². The molecule has 1 aliphatic heterocycles. The van der Waals surface area contributed by atoms with Gasteiger partial charge in [-0.25, -0.2) is 4.39 Å². The van der Waals surface area contributed by atoms with E-state index in [1.54, 1.807) is 4.90 Å². The van der Waals surface area contributed by atoms with Crippen LogP contribution in [0, 0.1) is 17.7 Å². The van der Waals surface area contributed by atoms with Crippen LogP contribution >= 0.6 is 0 Å². The molecule has 1 fully saturated rings. The summed E-state index contributed by atoms with van der Waals surface area (Å²) in [6.07, 6.45) is 1.07. The second-order valence-electron chi connectivity index (χ2n) is 6.94. The largest absolute Gasteiger partial charge is 0.494 e. The summed E-state index contributed by atoms with van der Waals surface area (Å²) >= 11 is 0. The highest BCUT2D eigenvalue weighted by Gasteiger charge is 2.29. The molecule has 1 saturated heterocycles. The molecular formula is C19H22FN3O3. The van der Waals surface area contributed by atoms with Crippen molar-refractivity contribution in [2.45, 2.75) is 20.3 Å². The van der Waals surface area contributed by atoms with E-state index in [-0.39, 0.29) is 17.4 Å². The van der Waals surface area contributed by atoms with Crippen molar-refractivity contribution in [3.63, 3.8) is 0 Å². The Bertz CT molecular complexity index is 853. The maximum absolute atomic E-state index is 13.2. The number of halogens is 1. The van der Waals surface area contributed by atoms with E-state index in [1.165, 1.54) is 37.4 Å². The first-order valence-corrected chi connectivity index (χ1v) is 8.62. The number of piperidine rings is 1. The van der Waals surface area contributed by atoms with Crippen molar-refractivity contribution in [3.05, 3.63) is 52.2 Å². The molecule has 0 saturated carbocycles. The van der Waals surface area contributed by atoms with Gasteiger partial charge < -0.3 is 9.64 Å². The molecule has 1 amide bonds. The lowest BCUT2D eigenvalue weighted by molar-refractivity contribution is 0.0611. The molecule has 7 heteroatoms. The Morgan fingerprint density at radius 3 is 2.38 bits per heavy atom. The predicted molar refractivity (Wildman–Crippen MR) is 95.2 cm³/mol. The summed E-state index contributed by atoms with van der Waals surface area (Å²) < 4.78 is 19.5. The van der Waals surface area contributed by atoms with Crippen molar-refractivity contribution in [2.75, 3.05) is 20.2 Å². The molecule has 0 aliphatic carbocycles. The highest BCUT2D eigenvalue weighted by Crippen LogP contribution is 2.24. The van der Waals surface area contributed by atoms with E-state index in [2.05, 4.69) is 18.9 Å². The van der Waals surface area contributed by atoms with E-state index in [4.69, 9.17) is 4.74 Å². The van der Waals surface area contributed by atoms with E-state index < -0.39 is 11.4 Å². The summed E-state index contributed by atoms with van der Waals surface area (Å²) in [4.78, 5) is 27.1. The van der Waals surface area contributed by atoms with Crippen LogP contribution in [-0.2, 0) is 0 Å². The zero-order valence-electron chi connectivity index (χ0n) is 15.1. The Morgan fingerprint density at radius 1 is 1.19 bits per heavy atom. The third-order valence-electron chi connectivity index (χ3n) is 4.55. The monoisotopic (exact) mass is 359 g/mol. The summed E-state index contributed by atoms with van der Waals surface area (Å²) in [5.74, 6) is 0.261. The number of ether oxygens (including phenoxy) is 1. The number of nitrogens with zero attached hydrogens (tertiary/aromatic N) is 3. The van der Waals surface area contributed by atoms with Crippen LogP contribution in [0.15, 0.2) is 35.1 Å². The highest BCUT2D eigenvalue weighted by molar-refractivity contribution is 5.94. The van der Waals surface area contributed by atoms with Crippen LogP contribution in [0.3, 0.4) is 0 Å². The van der Waals surface area contributed by atoms with Gasteiger partial charge in [0.15, 0.2) is 11.4 Å². The van der Waals surface area contributed by atoms with Gasteiger partial charge in [0.25, 0.3) is 11.5 Å². The molecular weight excluding hydrogens is 337 g/mol. The quantitative estimate of drug-likeness (QED) is 0.845. The van der Waals surface area contributed by atoms with E-state index >= 15 is 0 Å². The van der Waals surface area contributed by atoms with E-state index in [1.807, 2.05) is 0 Å². The van der Waals surface area contributed by atoms with Crippen LogP contribution in [0.2, 0.25) is 0 Å². The van der Waals surface area contributed by atoms with Crippen molar-refractivity contribution in [2.24, 2.45) is 11.8 Å². The van der Waals surface area contributed by atoms with Gasteiger partial charge in [-0.3, -0.25) is 9.59 Å². The lowest BCUT2D eigenvalue weighted by Gasteiger charge is -2.34. The Balaban J connectivity index is 2.02. The van der Waals surface area contributed by atoms with Gasteiger partial charge in [0.1, 0.15) is 5.82 Å². The van der Waals surface area contributed by atoms with Crippen molar-refractivity contribution >= 4 is 5.91 Å². The number of benzene rings is 1. The first-order valence-electron chi connectivity index (χ1n) is 8.62. The van der Waals surface area contributed by atoms with Crippen LogP contribution in [0.25, 0.3) is 5.69 Å². The van der Waals surface area contributed by atoms with Crippen LogP contribution in [0.4, 0.5) is 4.39 Å². The summed E-state index contributed by atoms with van der Waals surface area (Å²) in [6.45, 7) is 5.51. The molecule has 0 unspecified atom stereocenters. The minimum absolute atomic E-state index is 0.0812. The molecule has 0 bridgehead atoms. The predicted octanol–water partition coefficient (Wildman–Crippen LogP) is 2.50. The SMILES string of the molecule is COc1cc(=O)n(-c2ccc(F)cc2)nc1C(=O)N1C[C@H](C)C[C@H](C)C1. The average Bonchev–Trinajstić information content (AvgIpc) is 2.61. The molecule has 0 radical (unpaired) electrons. The van der Waals surface area contributed by atoms with Crippen LogP contribution in [-0.4, -0.2) is 40.8 Å². The third kappa shape index (κ3) is 3.61. The van der Waals surface area contributed by atoms with E-state index in [0.717, 1.165) is 11.1 Å². The molecule has 1 aliphatic rings. The van der Waals surface area contributed by atoms with Gasteiger partial charge in [-0.2, -0.15) is 9.78 Å². The zero-order valence-corrected chi connectivity index (χ0v) is 15.1. The van der Waals surface area contributed by atoms with E-state index in [9.17, 15) is 14.0 Å². The van der Waals surface area contributed by atoms with Crippen molar-refractivity contribution in [1.29, 1.82) is 0 Å². The Hall–Kier alpha value is -2.70. The topological polar surface area (TPSA) is 64.4 Å². The molecule has 3 rings (SSSR count). The van der Waals surface area contributed by atoms with Gasteiger partial charge in [0.2, 0.25) is 0 Å². The fraction of sp³-hybridized carbons (Fsp3) is 0.421. The smallest absolute Gasteiger partial charge is 0.278 e. The Kier molecular flexibility index (Phi) is 5.06. The number of likely N-dealkylation sites (tertiary alicyclic amines) is 1. The fourth-order valence-electron chi connectivity index (χ4n) is 3.49. The molecule has 2 heterocycles. The maximum atomic E-state index is 13.2. The first-order chi connectivity index (χ1) is 12.4. The Morgan fingerprint density at radius 2 is 1.81 bits per heavy atom. The number of carbonyl (C=O) groups excluding carboxylic acids is 1. The molecule has 26 heavy (non-hydrogen) atoms. The van der Waals surface area contributed by atoms with Crippen LogP contribution in [0.1, 0.15) is 30.8 Å². The lowest BCUT2D eigenvalue weighted by Crippen LogP contribution is -2.43. The van der Waals surface area contributed by atoms with Gasteiger partial charge in [0, 0.05) is 13.1 Å². The van der Waals surface area contributed by atoms with Crippen molar-refractivity contribution < 1.29 is 13.9 Å². The fourth-order valence-corrected chi connectivity index (χ4v) is 3.49. The van der Waals surface area contributed by atoms with E-state index in [0.29, 0.717) is 30.6 Å². The second-order valence-corrected chi connectivity index (χ2v) is 6.94. The van der Waals surface area contributed by atoms with Gasteiger partial charge in [0.05, 0.1) is 18.9 Å². The number of hydrogen-bond donors (Lipinski definition) is 0. The molecule has 1 aromatic heterocycles. The molecule has 6 nitrogen and oxygen atoms in total. The highest BCUT2D eigenvalue weighted by atomic mass is 19.1. The molecule has 0 N–H and O–H groups in total. The maximum Gasteiger partial charge on any atom is 0.278 e. The van der Waals surface area contributed by atoms with Gasteiger partial charge in [-0.15, -0.1) is 0 Å². The normalized spacial score (nSPS) is 20.1. The van der Waals surface area contributed by atoms with Crippen LogP contribution < -0.4 is 10.3 Å². The molecule has 2 aromatic rings. The molecule has 1 aromatic carbocycles. The summed E-state index contributed by atoms with van der Waals surface area (Å²) in [6, 6.07) is 6.60. The summed E-state index contributed by atoms with van der Waals surface area (Å²) in [5, 5.41) is 4.23. The summed E-state index contributed by atoms with van der Waals surface area (Å²) in [5.41, 5.74) is 0.0107. The number of rotatable bonds is 3. The number of carbonyl (C=O) groups is 1. The number of aromatic nitrogens is 2. The number of hydrogen-bond acceptors (Lipinski definition) is 4. The molecule has 138 valence electrons. The lowest BCUT2D eigenvalue weighted by atomic mass is 9.92. The molecule has 2 atom stereocenters. The minimum Gasteiger partial charge on any atom is -0.494 e. The van der Waals surface area contributed by atoms with Gasteiger partial charge in [-0.05, 0) is 42.5 Å². The second kappa shape index (κ2) is 7.27. The third-order valence-corrected chi connectivity index (χ3v) is 4.55.